The molecular weight excluding hydrogens is 456 g/mol. The van der Waals surface area contributed by atoms with Crippen molar-refractivity contribution in [1.82, 2.24) is 0 Å². The number of carbonyl (C=O) groups is 2. The smallest absolute Gasteiger partial charge is 0.262 e. The summed E-state index contributed by atoms with van der Waals surface area (Å²) in [6.07, 6.45) is 0. The maximum absolute atomic E-state index is 12.9. The molecule has 1 amide bonds. The number of nitrogens with one attached hydrogen (secondary N) is 1. The molecule has 1 N–H and O–H groups in total. The van der Waals surface area contributed by atoms with Gasteiger partial charge in [0.25, 0.3) is 5.91 Å². The number of benzene rings is 3. The van der Waals surface area contributed by atoms with Crippen LogP contribution in [0.25, 0.3) is 0 Å². The summed E-state index contributed by atoms with van der Waals surface area (Å²) in [7, 11) is 0. The van der Waals surface area contributed by atoms with Gasteiger partial charge in [-0.25, -0.2) is 0 Å². The van der Waals surface area contributed by atoms with E-state index in [1.807, 2.05) is 0 Å². The lowest BCUT2D eigenvalue weighted by atomic mass is 10.0. The highest BCUT2D eigenvalue weighted by atomic mass is 35.5. The Morgan fingerprint density at radius 1 is 0.793 bits per heavy atom. The zero-order valence-corrected chi connectivity index (χ0v) is 17.7. The van der Waals surface area contributed by atoms with Crippen molar-refractivity contribution in [3.05, 3.63) is 91.9 Å². The molecule has 0 unspecified atom stereocenters. The van der Waals surface area contributed by atoms with Crippen LogP contribution >= 0.6 is 46.4 Å². The van der Waals surface area contributed by atoms with Gasteiger partial charge in [0.15, 0.2) is 12.4 Å². The number of halogens is 4. The Hall–Kier alpha value is -2.24. The normalized spacial score (nSPS) is 10.5. The summed E-state index contributed by atoms with van der Waals surface area (Å²) in [5.41, 5.74) is 0.801. The van der Waals surface area contributed by atoms with Crippen LogP contribution in [0, 0.1) is 0 Å². The first-order valence-electron chi connectivity index (χ1n) is 8.31. The Bertz CT molecular complexity index is 1090. The lowest BCUT2D eigenvalue weighted by molar-refractivity contribution is -0.118. The van der Waals surface area contributed by atoms with E-state index in [-0.39, 0.29) is 28.7 Å². The van der Waals surface area contributed by atoms with Gasteiger partial charge in [-0.3, -0.25) is 9.59 Å². The van der Waals surface area contributed by atoms with E-state index in [4.69, 9.17) is 51.1 Å². The van der Waals surface area contributed by atoms with E-state index in [9.17, 15) is 9.59 Å². The van der Waals surface area contributed by atoms with Gasteiger partial charge in [0.2, 0.25) is 0 Å². The van der Waals surface area contributed by atoms with Gasteiger partial charge in [-0.1, -0.05) is 58.5 Å². The summed E-state index contributed by atoms with van der Waals surface area (Å²) < 4.78 is 5.42. The number of ketones is 1. The highest BCUT2D eigenvalue weighted by Gasteiger charge is 2.18. The molecule has 0 spiro atoms. The van der Waals surface area contributed by atoms with Gasteiger partial charge < -0.3 is 10.1 Å². The summed E-state index contributed by atoms with van der Waals surface area (Å²) in [5, 5.41) is 4.04. The van der Waals surface area contributed by atoms with E-state index in [2.05, 4.69) is 5.32 Å². The molecule has 4 nitrogen and oxygen atoms in total. The standard InChI is InChI=1S/C21H13Cl4NO3/c22-12-5-7-18(15(9-12)21(28)14-3-1-2-4-16(14)24)26-20(27)11-29-19-8-6-13(23)10-17(19)25/h1-10H,11H2,(H,26,27). The monoisotopic (exact) mass is 467 g/mol. The average Bonchev–Trinajstić information content (AvgIpc) is 2.68. The van der Waals surface area contributed by atoms with Crippen molar-refractivity contribution in [3.8, 4) is 5.75 Å². The fraction of sp³-hybridized carbons (Fsp3) is 0.0476. The molecule has 0 radical (unpaired) electrons. The van der Waals surface area contributed by atoms with Crippen LogP contribution < -0.4 is 10.1 Å². The third kappa shape index (κ3) is 5.43. The first kappa shape index (κ1) is 21.5. The van der Waals surface area contributed by atoms with Gasteiger partial charge in [0.1, 0.15) is 5.75 Å². The molecule has 29 heavy (non-hydrogen) atoms. The van der Waals surface area contributed by atoms with E-state index < -0.39 is 5.91 Å². The Morgan fingerprint density at radius 3 is 2.21 bits per heavy atom. The second-order valence-electron chi connectivity index (χ2n) is 5.91. The molecule has 0 aliphatic heterocycles. The minimum absolute atomic E-state index is 0.212. The fourth-order valence-electron chi connectivity index (χ4n) is 2.53. The van der Waals surface area contributed by atoms with Crippen LogP contribution in [0.4, 0.5) is 5.69 Å². The molecule has 0 saturated heterocycles. The number of amides is 1. The van der Waals surface area contributed by atoms with Crippen LogP contribution in [0.3, 0.4) is 0 Å². The molecule has 3 aromatic rings. The van der Waals surface area contributed by atoms with Crippen molar-refractivity contribution in [3.63, 3.8) is 0 Å². The van der Waals surface area contributed by atoms with Gasteiger partial charge in [-0.15, -0.1) is 0 Å². The van der Waals surface area contributed by atoms with Crippen LogP contribution in [-0.2, 0) is 4.79 Å². The van der Waals surface area contributed by atoms with E-state index in [0.29, 0.717) is 26.4 Å². The second kappa shape index (κ2) is 9.51. The molecule has 0 bridgehead atoms. The van der Waals surface area contributed by atoms with Crippen LogP contribution in [-0.4, -0.2) is 18.3 Å². The third-order valence-electron chi connectivity index (χ3n) is 3.87. The molecule has 0 fully saturated rings. The molecular formula is C21H13Cl4NO3. The summed E-state index contributed by atoms with van der Waals surface area (Å²) in [6.45, 7) is -0.316. The quantitative estimate of drug-likeness (QED) is 0.417. The average molecular weight is 469 g/mol. The van der Waals surface area contributed by atoms with E-state index in [1.54, 1.807) is 48.5 Å². The molecule has 0 saturated carbocycles. The second-order valence-corrected chi connectivity index (χ2v) is 7.60. The Morgan fingerprint density at radius 2 is 1.48 bits per heavy atom. The molecule has 3 rings (SSSR count). The molecule has 0 aliphatic carbocycles. The summed E-state index contributed by atoms with van der Waals surface area (Å²) in [4.78, 5) is 25.3. The highest BCUT2D eigenvalue weighted by molar-refractivity contribution is 6.36. The summed E-state index contributed by atoms with van der Waals surface area (Å²) >= 11 is 24.0. The van der Waals surface area contributed by atoms with Crippen molar-refractivity contribution in [2.24, 2.45) is 0 Å². The number of anilines is 1. The van der Waals surface area contributed by atoms with Crippen LogP contribution in [0.1, 0.15) is 15.9 Å². The fourth-order valence-corrected chi connectivity index (χ4v) is 3.38. The highest BCUT2D eigenvalue weighted by Crippen LogP contribution is 2.28. The summed E-state index contributed by atoms with van der Waals surface area (Å²) in [5.74, 6) is -0.531. The van der Waals surface area contributed by atoms with Crippen molar-refractivity contribution >= 4 is 63.8 Å². The first-order chi connectivity index (χ1) is 13.8. The maximum Gasteiger partial charge on any atom is 0.262 e. The Labute approximate surface area is 187 Å². The predicted molar refractivity (Wildman–Crippen MR) is 117 cm³/mol. The number of ether oxygens (including phenoxy) is 1. The van der Waals surface area contributed by atoms with Gasteiger partial charge in [0, 0.05) is 21.2 Å². The van der Waals surface area contributed by atoms with Gasteiger partial charge in [0.05, 0.1) is 15.7 Å². The van der Waals surface area contributed by atoms with Crippen molar-refractivity contribution in [1.29, 1.82) is 0 Å². The third-order valence-corrected chi connectivity index (χ3v) is 4.97. The number of hydrogen-bond acceptors (Lipinski definition) is 3. The van der Waals surface area contributed by atoms with E-state index in [0.717, 1.165) is 0 Å². The Balaban J connectivity index is 1.78. The van der Waals surface area contributed by atoms with Gasteiger partial charge >= 0.3 is 0 Å². The zero-order chi connectivity index (χ0) is 21.0. The lowest BCUT2D eigenvalue weighted by Gasteiger charge is -2.13. The largest absolute Gasteiger partial charge is 0.482 e. The predicted octanol–water partition coefficient (Wildman–Crippen LogP) is 6.55. The van der Waals surface area contributed by atoms with Crippen molar-refractivity contribution in [2.75, 3.05) is 11.9 Å². The minimum Gasteiger partial charge on any atom is -0.482 e. The minimum atomic E-state index is -0.480. The molecule has 3 aromatic carbocycles. The van der Waals surface area contributed by atoms with Gasteiger partial charge in [-0.05, 0) is 48.5 Å². The number of hydrogen-bond donors (Lipinski definition) is 1. The lowest BCUT2D eigenvalue weighted by Crippen LogP contribution is -2.22. The molecule has 0 heterocycles. The molecule has 0 atom stereocenters. The van der Waals surface area contributed by atoms with Crippen molar-refractivity contribution < 1.29 is 14.3 Å². The number of carbonyl (C=O) groups excluding carboxylic acids is 2. The molecule has 148 valence electrons. The Kier molecular flexibility index (Phi) is 7.04. The number of rotatable bonds is 6. The maximum atomic E-state index is 12.9. The zero-order valence-electron chi connectivity index (χ0n) is 14.7. The summed E-state index contributed by atoms with van der Waals surface area (Å²) in [6, 6.07) is 15.9. The first-order valence-corrected chi connectivity index (χ1v) is 9.83. The van der Waals surface area contributed by atoms with Gasteiger partial charge in [-0.2, -0.15) is 0 Å². The van der Waals surface area contributed by atoms with E-state index in [1.165, 1.54) is 12.1 Å². The molecule has 0 aliphatic rings. The topological polar surface area (TPSA) is 55.4 Å². The van der Waals surface area contributed by atoms with Crippen molar-refractivity contribution in [2.45, 2.75) is 0 Å². The van der Waals surface area contributed by atoms with Crippen LogP contribution in [0.5, 0.6) is 5.75 Å². The SMILES string of the molecule is O=C(COc1ccc(Cl)cc1Cl)Nc1ccc(Cl)cc1C(=O)c1ccccc1Cl. The van der Waals surface area contributed by atoms with E-state index >= 15 is 0 Å². The molecule has 0 aromatic heterocycles. The molecule has 8 heteroatoms. The van der Waals surface area contributed by atoms with Crippen LogP contribution in [0.15, 0.2) is 60.7 Å². The van der Waals surface area contributed by atoms with Crippen LogP contribution in [0.2, 0.25) is 20.1 Å².